The number of nitrogens with one attached hydrogen (secondary N) is 3. The Balaban J connectivity index is 1.74. The first-order chi connectivity index (χ1) is 8.63. The van der Waals surface area contributed by atoms with Crippen LogP contribution in [0.5, 0.6) is 0 Å². The van der Waals surface area contributed by atoms with Crippen LogP contribution < -0.4 is 16.0 Å². The van der Waals surface area contributed by atoms with E-state index in [9.17, 15) is 9.59 Å². The minimum atomic E-state index is -0.174. The zero-order valence-corrected chi connectivity index (χ0v) is 11.4. The van der Waals surface area contributed by atoms with Crippen LogP contribution in [0.2, 0.25) is 0 Å². The van der Waals surface area contributed by atoms with Gasteiger partial charge < -0.3 is 16.0 Å². The fourth-order valence-electron chi connectivity index (χ4n) is 1.58. The predicted molar refractivity (Wildman–Crippen MR) is 72.7 cm³/mol. The van der Waals surface area contributed by atoms with Crippen LogP contribution in [0.3, 0.4) is 0 Å². The molecular formula is C10H14N4O2S2. The van der Waals surface area contributed by atoms with Crippen LogP contribution in [-0.4, -0.2) is 34.1 Å². The highest BCUT2D eigenvalue weighted by atomic mass is 32.2. The summed E-state index contributed by atoms with van der Waals surface area (Å²) in [5.74, 6) is 0.201. The maximum atomic E-state index is 11.6. The van der Waals surface area contributed by atoms with Gasteiger partial charge in [0.25, 0.3) is 0 Å². The first-order valence-corrected chi connectivity index (χ1v) is 7.44. The molecule has 8 heteroatoms. The number of hydrogen-bond donors (Lipinski definition) is 3. The summed E-state index contributed by atoms with van der Waals surface area (Å²) in [5, 5.41) is 10.6. The van der Waals surface area contributed by atoms with Crippen molar-refractivity contribution in [3.8, 4) is 0 Å². The molecule has 3 amide bonds. The van der Waals surface area contributed by atoms with Crippen LogP contribution >= 0.6 is 23.1 Å². The summed E-state index contributed by atoms with van der Waals surface area (Å²) < 4.78 is 0. The van der Waals surface area contributed by atoms with Crippen molar-refractivity contribution < 1.29 is 9.59 Å². The second-order valence-electron chi connectivity index (χ2n) is 3.94. The van der Waals surface area contributed by atoms with Crippen molar-refractivity contribution in [1.29, 1.82) is 0 Å². The Kier molecular flexibility index (Phi) is 4.43. The maximum absolute atomic E-state index is 11.6. The molecule has 0 saturated carbocycles. The van der Waals surface area contributed by atoms with Gasteiger partial charge in [0.05, 0.1) is 11.1 Å². The topological polar surface area (TPSA) is 83.1 Å². The average Bonchev–Trinajstić information content (AvgIpc) is 2.78. The van der Waals surface area contributed by atoms with Gasteiger partial charge in [-0.2, -0.15) is 0 Å². The molecule has 1 aliphatic heterocycles. The second-order valence-corrected chi connectivity index (χ2v) is 6.03. The zero-order chi connectivity index (χ0) is 13.0. The van der Waals surface area contributed by atoms with Crippen LogP contribution in [0.1, 0.15) is 13.3 Å². The van der Waals surface area contributed by atoms with Gasteiger partial charge in [0, 0.05) is 17.6 Å². The summed E-state index contributed by atoms with van der Waals surface area (Å²) in [6.45, 7) is 1.95. The highest BCUT2D eigenvalue weighted by Crippen LogP contribution is 2.18. The summed E-state index contributed by atoms with van der Waals surface area (Å²) >= 11 is 2.81. The summed E-state index contributed by atoms with van der Waals surface area (Å²) in [5.41, 5.74) is 0. The van der Waals surface area contributed by atoms with Crippen molar-refractivity contribution >= 4 is 40.2 Å². The smallest absolute Gasteiger partial charge is 0.315 e. The van der Waals surface area contributed by atoms with Crippen LogP contribution in [0.25, 0.3) is 0 Å². The number of carbonyl (C=O) groups is 2. The fraction of sp³-hybridized carbons (Fsp3) is 0.500. The Bertz CT molecular complexity index is 424. The fourth-order valence-corrected chi connectivity index (χ4v) is 3.16. The largest absolute Gasteiger partial charge is 0.336 e. The van der Waals surface area contributed by atoms with E-state index >= 15 is 0 Å². The van der Waals surface area contributed by atoms with Gasteiger partial charge >= 0.3 is 6.03 Å². The molecule has 2 atom stereocenters. The molecular weight excluding hydrogens is 272 g/mol. The van der Waals surface area contributed by atoms with Crippen molar-refractivity contribution in [2.75, 3.05) is 11.1 Å². The summed E-state index contributed by atoms with van der Waals surface area (Å²) in [6, 6.07) is -0.0372. The van der Waals surface area contributed by atoms with Crippen molar-refractivity contribution in [1.82, 2.24) is 15.6 Å². The first kappa shape index (κ1) is 13.2. The Labute approximate surface area is 113 Å². The summed E-state index contributed by atoms with van der Waals surface area (Å²) in [4.78, 5) is 26.8. The molecule has 6 nitrogen and oxygen atoms in total. The van der Waals surface area contributed by atoms with Gasteiger partial charge in [-0.15, -0.1) is 23.1 Å². The third-order valence-electron chi connectivity index (χ3n) is 2.33. The van der Waals surface area contributed by atoms with E-state index in [1.54, 1.807) is 11.6 Å². The third-order valence-corrected chi connectivity index (χ3v) is 4.16. The number of carbonyl (C=O) groups excluding carboxylic acids is 2. The molecule has 0 bridgehead atoms. The van der Waals surface area contributed by atoms with Crippen molar-refractivity contribution in [2.24, 2.45) is 0 Å². The lowest BCUT2D eigenvalue weighted by atomic mass is 10.2. The number of aromatic nitrogens is 1. The molecule has 2 rings (SSSR count). The maximum Gasteiger partial charge on any atom is 0.315 e. The van der Waals surface area contributed by atoms with Gasteiger partial charge in [-0.3, -0.25) is 4.79 Å². The zero-order valence-electron chi connectivity index (χ0n) is 9.80. The molecule has 0 radical (unpaired) electrons. The number of anilines is 1. The van der Waals surface area contributed by atoms with E-state index in [1.807, 2.05) is 6.92 Å². The number of urea groups is 1. The van der Waals surface area contributed by atoms with Gasteiger partial charge in [-0.1, -0.05) is 0 Å². The lowest BCUT2D eigenvalue weighted by Gasteiger charge is -2.28. The molecule has 98 valence electrons. The van der Waals surface area contributed by atoms with Crippen molar-refractivity contribution in [3.63, 3.8) is 0 Å². The SMILES string of the molecule is CC1CC(SCC(=O)Nc2nccs2)NC(=O)N1. The highest BCUT2D eigenvalue weighted by molar-refractivity contribution is 8.00. The van der Waals surface area contributed by atoms with E-state index in [-0.39, 0.29) is 23.4 Å². The number of rotatable bonds is 4. The molecule has 0 aromatic carbocycles. The Morgan fingerprint density at radius 1 is 1.67 bits per heavy atom. The van der Waals surface area contributed by atoms with E-state index in [4.69, 9.17) is 0 Å². The van der Waals surface area contributed by atoms with E-state index < -0.39 is 0 Å². The molecule has 2 heterocycles. The first-order valence-electron chi connectivity index (χ1n) is 5.51. The highest BCUT2D eigenvalue weighted by Gasteiger charge is 2.23. The molecule has 1 saturated heterocycles. The molecule has 2 unspecified atom stereocenters. The molecule has 0 aliphatic carbocycles. The third kappa shape index (κ3) is 3.88. The van der Waals surface area contributed by atoms with E-state index in [0.717, 1.165) is 6.42 Å². The average molecular weight is 286 g/mol. The summed E-state index contributed by atoms with van der Waals surface area (Å²) in [6.07, 6.45) is 2.45. The van der Waals surface area contributed by atoms with Gasteiger partial charge in [-0.25, -0.2) is 9.78 Å². The van der Waals surface area contributed by atoms with Crippen LogP contribution in [0.15, 0.2) is 11.6 Å². The van der Waals surface area contributed by atoms with Crippen LogP contribution in [0, 0.1) is 0 Å². The van der Waals surface area contributed by atoms with Crippen LogP contribution in [0.4, 0.5) is 9.93 Å². The lowest BCUT2D eigenvalue weighted by Crippen LogP contribution is -2.52. The lowest BCUT2D eigenvalue weighted by molar-refractivity contribution is -0.113. The Morgan fingerprint density at radius 3 is 3.17 bits per heavy atom. The normalized spacial score (nSPS) is 23.1. The Hall–Kier alpha value is -1.28. The number of amides is 3. The van der Waals surface area contributed by atoms with E-state index in [2.05, 4.69) is 20.9 Å². The van der Waals surface area contributed by atoms with Gasteiger partial charge in [0.1, 0.15) is 0 Å². The van der Waals surface area contributed by atoms with Crippen molar-refractivity contribution in [3.05, 3.63) is 11.6 Å². The van der Waals surface area contributed by atoms with Gasteiger partial charge in [0.15, 0.2) is 5.13 Å². The number of thioether (sulfide) groups is 1. The Morgan fingerprint density at radius 2 is 2.50 bits per heavy atom. The van der Waals surface area contributed by atoms with Crippen molar-refractivity contribution in [2.45, 2.75) is 24.8 Å². The van der Waals surface area contributed by atoms with E-state index in [1.165, 1.54) is 23.1 Å². The molecule has 3 N–H and O–H groups in total. The second kappa shape index (κ2) is 6.05. The monoisotopic (exact) mass is 286 g/mol. The molecule has 1 aromatic heterocycles. The predicted octanol–water partition coefficient (Wildman–Crippen LogP) is 1.23. The number of thiazole rings is 1. The molecule has 18 heavy (non-hydrogen) atoms. The molecule has 1 aliphatic rings. The quantitative estimate of drug-likeness (QED) is 0.777. The summed E-state index contributed by atoms with van der Waals surface area (Å²) in [7, 11) is 0. The number of nitrogens with zero attached hydrogens (tertiary/aromatic N) is 1. The van der Waals surface area contributed by atoms with Gasteiger partial charge in [-0.05, 0) is 13.3 Å². The standard InChI is InChI=1S/C10H14N4O2S2/c1-6-4-8(14-9(16)12-6)18-5-7(15)13-10-11-2-3-17-10/h2-3,6,8H,4-5H2,1H3,(H,11,13,15)(H2,12,14,16). The minimum absolute atomic E-state index is 0.0178. The molecule has 1 aromatic rings. The minimum Gasteiger partial charge on any atom is -0.336 e. The number of hydrogen-bond acceptors (Lipinski definition) is 5. The molecule has 1 fully saturated rings. The van der Waals surface area contributed by atoms with E-state index in [0.29, 0.717) is 10.9 Å². The van der Waals surface area contributed by atoms with Gasteiger partial charge in [0.2, 0.25) is 5.91 Å². The molecule has 0 spiro atoms. The van der Waals surface area contributed by atoms with Crippen LogP contribution in [-0.2, 0) is 4.79 Å².